The minimum Gasteiger partial charge on any atom is -0.504 e. The van der Waals surface area contributed by atoms with E-state index in [1.165, 1.54) is 12.1 Å². The summed E-state index contributed by atoms with van der Waals surface area (Å²) in [7, 11) is 0. The molecule has 10 aliphatic rings. The van der Waals surface area contributed by atoms with Gasteiger partial charge in [0.25, 0.3) is 47.3 Å². The summed E-state index contributed by atoms with van der Waals surface area (Å²) in [5.41, 5.74) is 2.71. The smallest absolute Gasteiger partial charge is 0.255 e. The van der Waals surface area contributed by atoms with Crippen LogP contribution in [0.25, 0.3) is 0 Å². The molecule has 0 radical (unpaired) electrons. The van der Waals surface area contributed by atoms with Crippen LogP contribution in [-0.4, -0.2) is 221 Å². The fraction of sp³-hybridized carbons (Fsp3) is 0.396. The highest BCUT2D eigenvalue weighted by atomic mass is 35.5. The molecule has 468 valence electrons. The molecule has 0 aromatic heterocycles. The van der Waals surface area contributed by atoms with E-state index in [0.29, 0.717) is 13.0 Å². The van der Waals surface area contributed by atoms with Crippen molar-refractivity contribution in [3.05, 3.63) is 93.0 Å². The van der Waals surface area contributed by atoms with Crippen molar-refractivity contribution >= 4 is 96.9 Å². The summed E-state index contributed by atoms with van der Waals surface area (Å²) < 4.78 is 0. The van der Waals surface area contributed by atoms with Gasteiger partial charge in [0, 0.05) is 111 Å². The number of nitrogens with zero attached hydrogens (tertiary/aromatic N) is 3. The van der Waals surface area contributed by atoms with Gasteiger partial charge in [-0.1, -0.05) is 6.42 Å². The van der Waals surface area contributed by atoms with E-state index in [4.69, 9.17) is 5.73 Å². The Kier molecular flexibility index (Phi) is 30.4. The van der Waals surface area contributed by atoms with Crippen LogP contribution in [0.5, 0.6) is 46.0 Å². The van der Waals surface area contributed by atoms with E-state index in [-0.39, 0.29) is 205 Å². The standard InChI is InChI=1S/C53H68N12O16.4ClH/c54-12-2-1-3-13-55-46(74)30-4-5-31(39(67)38(30)66)50(78)59-17-24-64-25-18-60-51(79)35-9-6-32(40(68)43(35)71)47(75)56-14-21-63-22-15-57-48(76)33-7-10-36(44(72)41(33)69)52(80)61-19-26-65(29-28-64)27-20-62-53(81)37-11-8-34(42(70)45(37)73)49(77)58-16-23-63;;;;/h4-11,66-73H,1-3,12-29,54H2,(H,55,74)(H,56,75)(H,57,76)(H,58,77)(H,59,78)(H,60,79)(H,61,80)(H,62,81);4*1H. The van der Waals surface area contributed by atoms with Crippen LogP contribution in [0.4, 0.5) is 0 Å². The highest BCUT2D eigenvalue weighted by Gasteiger charge is 2.27. The Labute approximate surface area is 512 Å². The summed E-state index contributed by atoms with van der Waals surface area (Å²) in [6, 6.07) is 9.23. The van der Waals surface area contributed by atoms with E-state index >= 15 is 0 Å². The Morgan fingerprint density at radius 3 is 0.965 bits per heavy atom. The number of benzene rings is 4. The van der Waals surface area contributed by atoms with E-state index in [2.05, 4.69) is 42.5 Å². The SMILES string of the molecule is Cl.Cl.Cl.Cl.NCCCCCNC(=O)c1ccc(C(=O)NCCN2CCNC(=O)c3ccc(c(O)c3O)C(=O)NCCN3CCNC(=O)c4ccc(c(O)c4O)C(=O)NCCN(CCNC(=O)c4ccc(c(O)c4O)C(=O)NCC3)CC2)c(O)c1O. The summed E-state index contributed by atoms with van der Waals surface area (Å²) in [5, 5.41) is 108. The molecule has 4 aromatic carbocycles. The predicted molar refractivity (Wildman–Crippen MR) is 319 cm³/mol. The Morgan fingerprint density at radius 2 is 0.659 bits per heavy atom. The summed E-state index contributed by atoms with van der Waals surface area (Å²) in [6.45, 7) is 0.719. The van der Waals surface area contributed by atoms with Crippen LogP contribution < -0.4 is 48.3 Å². The highest BCUT2D eigenvalue weighted by molar-refractivity contribution is 6.06. The molecule has 28 nitrogen and oxygen atoms in total. The second-order valence-corrected chi connectivity index (χ2v) is 18.9. The second-order valence-electron chi connectivity index (χ2n) is 18.9. The van der Waals surface area contributed by atoms with Crippen molar-refractivity contribution < 1.29 is 79.2 Å². The third-order valence-electron chi connectivity index (χ3n) is 13.5. The molecule has 18 N–H and O–H groups in total. The molecule has 0 spiro atoms. The van der Waals surface area contributed by atoms with E-state index in [9.17, 15) is 79.2 Å². The fourth-order valence-electron chi connectivity index (χ4n) is 8.78. The number of hydrogen-bond donors (Lipinski definition) is 17. The Balaban J connectivity index is 0.00000616. The van der Waals surface area contributed by atoms with Gasteiger partial charge in [-0.3, -0.25) is 53.1 Å². The number of carbonyl (C=O) groups is 8. The summed E-state index contributed by atoms with van der Waals surface area (Å²) in [4.78, 5) is 112. The van der Waals surface area contributed by atoms with Gasteiger partial charge >= 0.3 is 0 Å². The maximum absolute atomic E-state index is 13.5. The summed E-state index contributed by atoms with van der Waals surface area (Å²) in [5.74, 6) is -13.4. The molecule has 4 aromatic rings. The predicted octanol–water partition coefficient (Wildman–Crippen LogP) is 0.0198. The number of carbonyl (C=O) groups excluding carboxylic acids is 8. The normalized spacial score (nSPS) is 17.0. The topological polar surface area (TPSA) is 430 Å². The van der Waals surface area contributed by atoms with Gasteiger partial charge in [0.2, 0.25) is 0 Å². The molecule has 85 heavy (non-hydrogen) atoms. The van der Waals surface area contributed by atoms with Crippen LogP contribution in [0.1, 0.15) is 102 Å². The molecule has 14 rings (SSSR count). The molecule has 0 aliphatic carbocycles. The van der Waals surface area contributed by atoms with Gasteiger partial charge in [-0.2, -0.15) is 0 Å². The zero-order chi connectivity index (χ0) is 58.8. The Hall–Kier alpha value is -7.96. The zero-order valence-electron chi connectivity index (χ0n) is 45.9. The van der Waals surface area contributed by atoms with Crippen molar-refractivity contribution in [1.29, 1.82) is 0 Å². The molecule has 0 saturated carbocycles. The lowest BCUT2D eigenvalue weighted by Gasteiger charge is -2.28. The quantitative estimate of drug-likeness (QED) is 0.0735. The van der Waals surface area contributed by atoms with Crippen LogP contribution in [0.2, 0.25) is 0 Å². The lowest BCUT2D eigenvalue weighted by molar-refractivity contribution is 0.0917. The maximum atomic E-state index is 13.5. The number of rotatable bonds is 10. The van der Waals surface area contributed by atoms with E-state index in [0.717, 1.165) is 49.2 Å². The number of amides is 8. The van der Waals surface area contributed by atoms with Gasteiger partial charge in [0.05, 0.1) is 44.5 Å². The molecule has 0 unspecified atom stereocenters. The first kappa shape index (κ1) is 73.1. The van der Waals surface area contributed by atoms with Crippen molar-refractivity contribution in [2.45, 2.75) is 19.3 Å². The lowest BCUT2D eigenvalue weighted by atomic mass is 10.1. The van der Waals surface area contributed by atoms with Crippen LogP contribution in [0, 0.1) is 0 Å². The first-order valence-electron chi connectivity index (χ1n) is 26.1. The summed E-state index contributed by atoms with van der Waals surface area (Å²) >= 11 is 0. The highest BCUT2D eigenvalue weighted by Crippen LogP contribution is 2.36. The molecule has 10 heterocycles. The zero-order valence-corrected chi connectivity index (χ0v) is 49.1. The molecule has 0 saturated heterocycles. The average Bonchev–Trinajstić information content (AvgIpc) is 2.76. The minimum absolute atomic E-state index is 0. The summed E-state index contributed by atoms with van der Waals surface area (Å²) in [6.07, 6.45) is 2.16. The van der Waals surface area contributed by atoms with Gasteiger partial charge < -0.3 is 89.1 Å². The molecule has 0 fully saturated rings. The number of nitrogens with two attached hydrogens (primary N) is 1. The van der Waals surface area contributed by atoms with Crippen LogP contribution in [0.15, 0.2) is 48.5 Å². The second kappa shape index (κ2) is 35.4. The number of phenolic OH excluding ortho intramolecular Hbond substituents is 8. The third-order valence-corrected chi connectivity index (χ3v) is 13.5. The maximum Gasteiger partial charge on any atom is 0.255 e. The molecule has 10 aliphatic heterocycles. The third kappa shape index (κ3) is 19.5. The average molecular weight is 1280 g/mol. The van der Waals surface area contributed by atoms with Crippen molar-refractivity contribution in [3.8, 4) is 46.0 Å². The molecule has 32 heteroatoms. The number of aromatic hydroxyl groups is 8. The van der Waals surface area contributed by atoms with Crippen molar-refractivity contribution in [1.82, 2.24) is 57.2 Å². The van der Waals surface area contributed by atoms with Crippen LogP contribution in [-0.2, 0) is 0 Å². The van der Waals surface area contributed by atoms with Crippen LogP contribution >= 0.6 is 49.6 Å². The van der Waals surface area contributed by atoms with E-state index in [1.54, 1.807) is 14.7 Å². The minimum atomic E-state index is -0.892. The number of unbranched alkanes of at least 4 members (excludes halogenated alkanes) is 2. The Morgan fingerprint density at radius 1 is 0.376 bits per heavy atom. The van der Waals surface area contributed by atoms with Gasteiger partial charge in [-0.15, -0.1) is 49.6 Å². The van der Waals surface area contributed by atoms with Crippen LogP contribution in [0.3, 0.4) is 0 Å². The molecular weight excluding hydrogens is 1200 g/mol. The van der Waals surface area contributed by atoms with Gasteiger partial charge in [0.1, 0.15) is 0 Å². The fourth-order valence-corrected chi connectivity index (χ4v) is 8.78. The number of nitrogens with one attached hydrogen (secondary N) is 8. The van der Waals surface area contributed by atoms with Gasteiger partial charge in [-0.25, -0.2) is 0 Å². The number of phenols is 8. The monoisotopic (exact) mass is 1270 g/mol. The van der Waals surface area contributed by atoms with Crippen molar-refractivity contribution in [2.75, 3.05) is 118 Å². The van der Waals surface area contributed by atoms with E-state index in [1.807, 2.05) is 0 Å². The van der Waals surface area contributed by atoms with Gasteiger partial charge in [-0.05, 0) is 67.9 Å². The lowest BCUT2D eigenvalue weighted by Crippen LogP contribution is -2.45. The van der Waals surface area contributed by atoms with Gasteiger partial charge in [0.15, 0.2) is 46.0 Å². The Bertz CT molecular complexity index is 2920. The first-order valence-corrected chi connectivity index (χ1v) is 26.1. The van der Waals surface area contributed by atoms with Crippen molar-refractivity contribution in [2.24, 2.45) is 5.73 Å². The molecule has 8 bridgehead atoms. The molecular formula is C53H72Cl4N12O16. The van der Waals surface area contributed by atoms with Crippen molar-refractivity contribution in [3.63, 3.8) is 0 Å². The first-order chi connectivity index (χ1) is 38.8. The number of halogens is 4. The number of hydrogen-bond acceptors (Lipinski definition) is 20. The van der Waals surface area contributed by atoms with E-state index < -0.39 is 93.3 Å². The largest absolute Gasteiger partial charge is 0.504 e. The molecule has 8 amide bonds. The molecule has 0 atom stereocenters.